The van der Waals surface area contributed by atoms with E-state index in [4.69, 9.17) is 4.74 Å². The van der Waals surface area contributed by atoms with Gasteiger partial charge in [0, 0.05) is 6.04 Å². The summed E-state index contributed by atoms with van der Waals surface area (Å²) < 4.78 is 5.80. The van der Waals surface area contributed by atoms with Gasteiger partial charge in [0.1, 0.15) is 18.4 Å². The Morgan fingerprint density at radius 1 is 1.17 bits per heavy atom. The van der Waals surface area contributed by atoms with Crippen LogP contribution in [-0.4, -0.2) is 17.8 Å². The first-order valence-electron chi connectivity index (χ1n) is 7.80. The molecular formula is C19H22N2O2. The highest BCUT2D eigenvalue weighted by atomic mass is 16.5. The zero-order valence-electron chi connectivity index (χ0n) is 13.3. The smallest absolute Gasteiger partial charge is 0.121 e. The Labute approximate surface area is 137 Å². The number of nitriles is 1. The Morgan fingerprint density at radius 3 is 2.61 bits per heavy atom. The molecule has 0 aromatic heterocycles. The minimum Gasteiger partial charge on any atom is -0.489 e. The van der Waals surface area contributed by atoms with E-state index in [1.165, 1.54) is 0 Å². The molecule has 0 bridgehead atoms. The standard InChI is InChI=1S/C19H22N2O2/c1-2-17(13-22)21-19(12-20)16-9-6-10-18(11-16)23-14-15-7-4-3-5-8-15/h3-11,17,19,21-22H,2,13-14H2,1H3. The molecule has 0 fully saturated rings. The lowest BCUT2D eigenvalue weighted by Gasteiger charge is -2.19. The van der Waals surface area contributed by atoms with Gasteiger partial charge in [-0.3, -0.25) is 5.32 Å². The number of hydrogen-bond acceptors (Lipinski definition) is 4. The monoisotopic (exact) mass is 310 g/mol. The fourth-order valence-electron chi connectivity index (χ4n) is 2.27. The molecule has 0 saturated carbocycles. The van der Waals surface area contributed by atoms with Crippen molar-refractivity contribution < 1.29 is 9.84 Å². The highest BCUT2D eigenvalue weighted by Gasteiger charge is 2.15. The van der Waals surface area contributed by atoms with Gasteiger partial charge >= 0.3 is 0 Å². The Bertz CT molecular complexity index is 633. The molecule has 2 rings (SSSR count). The molecule has 4 heteroatoms. The minimum atomic E-state index is -0.465. The quantitative estimate of drug-likeness (QED) is 0.786. The molecule has 120 valence electrons. The van der Waals surface area contributed by atoms with Crippen molar-refractivity contribution in [2.24, 2.45) is 0 Å². The predicted octanol–water partition coefficient (Wildman–Crippen LogP) is 3.19. The Morgan fingerprint density at radius 2 is 1.96 bits per heavy atom. The lowest BCUT2D eigenvalue weighted by Crippen LogP contribution is -2.34. The molecular weight excluding hydrogens is 288 g/mol. The van der Waals surface area contributed by atoms with Gasteiger partial charge in [-0.2, -0.15) is 5.26 Å². The normalized spacial score (nSPS) is 13.1. The second-order valence-corrected chi connectivity index (χ2v) is 5.36. The van der Waals surface area contributed by atoms with Crippen molar-refractivity contribution in [3.63, 3.8) is 0 Å². The summed E-state index contributed by atoms with van der Waals surface area (Å²) in [7, 11) is 0. The van der Waals surface area contributed by atoms with E-state index < -0.39 is 6.04 Å². The number of ether oxygens (including phenoxy) is 1. The number of aliphatic hydroxyl groups is 1. The number of nitrogens with one attached hydrogen (secondary N) is 1. The van der Waals surface area contributed by atoms with E-state index in [0.29, 0.717) is 6.61 Å². The van der Waals surface area contributed by atoms with Crippen LogP contribution >= 0.6 is 0 Å². The first kappa shape index (κ1) is 17.0. The van der Waals surface area contributed by atoms with Crippen LogP contribution in [0.4, 0.5) is 0 Å². The van der Waals surface area contributed by atoms with E-state index in [9.17, 15) is 10.4 Å². The van der Waals surface area contributed by atoms with Crippen LogP contribution in [-0.2, 0) is 6.61 Å². The molecule has 0 radical (unpaired) electrons. The van der Waals surface area contributed by atoms with Gasteiger partial charge in [-0.15, -0.1) is 0 Å². The summed E-state index contributed by atoms with van der Waals surface area (Å²) in [5.74, 6) is 0.727. The average Bonchev–Trinajstić information content (AvgIpc) is 2.62. The maximum Gasteiger partial charge on any atom is 0.121 e. The fraction of sp³-hybridized carbons (Fsp3) is 0.316. The summed E-state index contributed by atoms with van der Waals surface area (Å²) in [6, 6.07) is 19.1. The fourth-order valence-corrected chi connectivity index (χ4v) is 2.27. The maximum atomic E-state index is 9.38. The lowest BCUT2D eigenvalue weighted by molar-refractivity contribution is 0.234. The van der Waals surface area contributed by atoms with Crippen LogP contribution in [0.25, 0.3) is 0 Å². The third-order valence-electron chi connectivity index (χ3n) is 3.68. The average molecular weight is 310 g/mol. The first-order valence-corrected chi connectivity index (χ1v) is 7.80. The second kappa shape index (κ2) is 8.94. The van der Waals surface area contributed by atoms with Gasteiger partial charge in [-0.25, -0.2) is 0 Å². The summed E-state index contributed by atoms with van der Waals surface area (Å²) in [6.07, 6.45) is 0.763. The molecule has 0 aliphatic carbocycles. The van der Waals surface area contributed by atoms with Gasteiger partial charge in [0.15, 0.2) is 0 Å². The van der Waals surface area contributed by atoms with Gasteiger partial charge in [-0.1, -0.05) is 49.4 Å². The third kappa shape index (κ3) is 5.10. The van der Waals surface area contributed by atoms with Crippen LogP contribution in [0.15, 0.2) is 54.6 Å². The van der Waals surface area contributed by atoms with E-state index in [-0.39, 0.29) is 12.6 Å². The van der Waals surface area contributed by atoms with Crippen LogP contribution in [0.2, 0.25) is 0 Å². The van der Waals surface area contributed by atoms with Gasteiger partial charge < -0.3 is 9.84 Å². The van der Waals surface area contributed by atoms with Crippen molar-refractivity contribution in [3.05, 3.63) is 65.7 Å². The Hall–Kier alpha value is -2.35. The molecule has 2 N–H and O–H groups in total. The molecule has 4 nitrogen and oxygen atoms in total. The maximum absolute atomic E-state index is 9.38. The summed E-state index contributed by atoms with van der Waals surface area (Å²) >= 11 is 0. The molecule has 0 aliphatic heterocycles. The van der Waals surface area contributed by atoms with Crippen LogP contribution in [0.3, 0.4) is 0 Å². The number of hydrogen-bond donors (Lipinski definition) is 2. The minimum absolute atomic E-state index is 0.0128. The molecule has 0 saturated heterocycles. The Balaban J connectivity index is 2.04. The zero-order chi connectivity index (χ0) is 16.5. The first-order chi connectivity index (χ1) is 11.3. The van der Waals surface area contributed by atoms with Gasteiger partial charge in [-0.05, 0) is 29.7 Å². The van der Waals surface area contributed by atoms with Crippen molar-refractivity contribution in [1.82, 2.24) is 5.32 Å². The van der Waals surface area contributed by atoms with E-state index in [1.54, 1.807) is 0 Å². The van der Waals surface area contributed by atoms with E-state index in [1.807, 2.05) is 61.5 Å². The molecule has 23 heavy (non-hydrogen) atoms. The molecule has 2 aromatic rings. The van der Waals surface area contributed by atoms with E-state index >= 15 is 0 Å². The SMILES string of the molecule is CCC(CO)NC(C#N)c1cccc(OCc2ccccc2)c1. The van der Waals surface area contributed by atoms with Crippen LogP contribution in [0.1, 0.15) is 30.5 Å². The van der Waals surface area contributed by atoms with Gasteiger partial charge in [0.25, 0.3) is 0 Å². The number of nitrogens with zero attached hydrogens (tertiary/aromatic N) is 1. The van der Waals surface area contributed by atoms with Crippen LogP contribution < -0.4 is 10.1 Å². The highest BCUT2D eigenvalue weighted by Crippen LogP contribution is 2.20. The second-order valence-electron chi connectivity index (χ2n) is 5.36. The molecule has 0 amide bonds. The van der Waals surface area contributed by atoms with Crippen LogP contribution in [0.5, 0.6) is 5.75 Å². The summed E-state index contributed by atoms with van der Waals surface area (Å²) in [4.78, 5) is 0. The predicted molar refractivity (Wildman–Crippen MR) is 89.9 cm³/mol. The molecule has 0 aliphatic rings. The topological polar surface area (TPSA) is 65.3 Å². The molecule has 2 atom stereocenters. The molecule has 2 aromatic carbocycles. The van der Waals surface area contributed by atoms with E-state index in [0.717, 1.165) is 23.3 Å². The number of aliphatic hydroxyl groups excluding tert-OH is 1. The highest BCUT2D eigenvalue weighted by molar-refractivity contribution is 5.33. The molecule has 0 spiro atoms. The summed E-state index contributed by atoms with van der Waals surface area (Å²) in [5.41, 5.74) is 1.93. The van der Waals surface area contributed by atoms with Gasteiger partial charge in [0.05, 0.1) is 12.7 Å². The van der Waals surface area contributed by atoms with Crippen molar-refractivity contribution in [2.75, 3.05) is 6.61 Å². The van der Waals surface area contributed by atoms with Crippen molar-refractivity contribution >= 4 is 0 Å². The van der Waals surface area contributed by atoms with E-state index in [2.05, 4.69) is 11.4 Å². The molecule has 2 unspecified atom stereocenters. The van der Waals surface area contributed by atoms with Crippen LogP contribution in [0, 0.1) is 11.3 Å². The van der Waals surface area contributed by atoms with Gasteiger partial charge in [0.2, 0.25) is 0 Å². The van der Waals surface area contributed by atoms with Crippen molar-refractivity contribution in [1.29, 1.82) is 5.26 Å². The van der Waals surface area contributed by atoms with Crippen molar-refractivity contribution in [2.45, 2.75) is 32.0 Å². The number of rotatable bonds is 8. The van der Waals surface area contributed by atoms with Crippen molar-refractivity contribution in [3.8, 4) is 11.8 Å². The molecule has 0 heterocycles. The zero-order valence-corrected chi connectivity index (χ0v) is 13.3. The summed E-state index contributed by atoms with van der Waals surface area (Å²) in [5, 5.41) is 21.8. The third-order valence-corrected chi connectivity index (χ3v) is 3.68. The number of benzene rings is 2. The lowest BCUT2D eigenvalue weighted by atomic mass is 10.1. The summed E-state index contributed by atoms with van der Waals surface area (Å²) in [6.45, 7) is 2.48. The largest absolute Gasteiger partial charge is 0.489 e. The Kier molecular flexibility index (Phi) is 6.61.